The second-order valence-corrected chi connectivity index (χ2v) is 4.43. The Kier molecular flexibility index (Phi) is 3.67. The molecule has 17 heavy (non-hydrogen) atoms. The molecule has 1 aromatic carbocycles. The summed E-state index contributed by atoms with van der Waals surface area (Å²) in [5.74, 6) is 0.985. The highest BCUT2D eigenvalue weighted by atomic mass is 16.5. The lowest BCUT2D eigenvalue weighted by molar-refractivity contribution is 0.0595. The van der Waals surface area contributed by atoms with Gasteiger partial charge in [0.05, 0.1) is 13.7 Å². The Morgan fingerprint density at radius 2 is 2.18 bits per heavy atom. The van der Waals surface area contributed by atoms with Crippen molar-refractivity contribution in [2.24, 2.45) is 5.92 Å². The van der Waals surface area contributed by atoms with Crippen molar-refractivity contribution in [1.82, 2.24) is 0 Å². The third-order valence-electron chi connectivity index (χ3n) is 3.03. The fraction of sp³-hybridized carbons (Fsp3) is 0.500. The molecule has 0 atom stereocenters. The predicted octanol–water partition coefficient (Wildman–Crippen LogP) is 2.82. The minimum absolute atomic E-state index is 0.328. The summed E-state index contributed by atoms with van der Waals surface area (Å²) in [5.41, 5.74) is 1.65. The molecule has 1 aliphatic rings. The van der Waals surface area contributed by atoms with E-state index in [0.29, 0.717) is 23.8 Å². The van der Waals surface area contributed by atoms with E-state index in [-0.39, 0.29) is 5.97 Å². The molecule has 0 aromatic heterocycles. The first kappa shape index (κ1) is 12.0. The standard InChI is InChI=1S/C14H18O3/c1-3-10-6-7-13(17-9-11-4-5-11)12(8-10)14(15)16-2/h6-8,11H,3-5,9H2,1-2H3. The van der Waals surface area contributed by atoms with Crippen molar-refractivity contribution in [2.45, 2.75) is 26.2 Å². The first-order valence-electron chi connectivity index (χ1n) is 6.08. The van der Waals surface area contributed by atoms with Crippen molar-refractivity contribution in [3.8, 4) is 5.75 Å². The molecular weight excluding hydrogens is 216 g/mol. The Hall–Kier alpha value is -1.51. The summed E-state index contributed by atoms with van der Waals surface area (Å²) in [4.78, 5) is 11.7. The van der Waals surface area contributed by atoms with Crippen molar-refractivity contribution in [3.63, 3.8) is 0 Å². The van der Waals surface area contributed by atoms with E-state index in [9.17, 15) is 4.79 Å². The molecule has 0 spiro atoms. The van der Waals surface area contributed by atoms with Crippen LogP contribution < -0.4 is 4.74 Å². The van der Waals surface area contributed by atoms with Crippen molar-refractivity contribution >= 4 is 5.97 Å². The number of hydrogen-bond acceptors (Lipinski definition) is 3. The van der Waals surface area contributed by atoms with E-state index in [1.165, 1.54) is 20.0 Å². The fourth-order valence-electron chi connectivity index (χ4n) is 1.68. The van der Waals surface area contributed by atoms with Crippen LogP contribution in [-0.4, -0.2) is 19.7 Å². The zero-order valence-corrected chi connectivity index (χ0v) is 10.4. The lowest BCUT2D eigenvalue weighted by Gasteiger charge is -2.11. The van der Waals surface area contributed by atoms with Crippen LogP contribution in [0.5, 0.6) is 5.75 Å². The van der Waals surface area contributed by atoms with Gasteiger partial charge in [-0.15, -0.1) is 0 Å². The molecule has 3 heteroatoms. The third kappa shape index (κ3) is 2.99. The Morgan fingerprint density at radius 3 is 2.76 bits per heavy atom. The van der Waals surface area contributed by atoms with Crippen LogP contribution in [0.2, 0.25) is 0 Å². The summed E-state index contributed by atoms with van der Waals surface area (Å²) in [6.07, 6.45) is 3.37. The number of benzene rings is 1. The highest BCUT2D eigenvalue weighted by Gasteiger charge is 2.23. The van der Waals surface area contributed by atoms with Gasteiger partial charge in [0.25, 0.3) is 0 Å². The Balaban J connectivity index is 2.18. The van der Waals surface area contributed by atoms with Crippen LogP contribution in [0.15, 0.2) is 18.2 Å². The van der Waals surface area contributed by atoms with Crippen LogP contribution in [0.3, 0.4) is 0 Å². The number of ether oxygens (including phenoxy) is 2. The third-order valence-corrected chi connectivity index (χ3v) is 3.03. The maximum absolute atomic E-state index is 11.7. The van der Waals surface area contributed by atoms with Crippen LogP contribution in [0.4, 0.5) is 0 Å². The van der Waals surface area contributed by atoms with Gasteiger partial charge in [0.15, 0.2) is 0 Å². The summed E-state index contributed by atoms with van der Waals surface area (Å²) < 4.78 is 10.5. The monoisotopic (exact) mass is 234 g/mol. The van der Waals surface area contributed by atoms with Crippen molar-refractivity contribution in [1.29, 1.82) is 0 Å². The molecule has 0 amide bonds. The van der Waals surface area contributed by atoms with E-state index in [1.807, 2.05) is 18.2 Å². The highest BCUT2D eigenvalue weighted by Crippen LogP contribution is 2.30. The summed E-state index contributed by atoms with van der Waals surface area (Å²) in [5, 5.41) is 0. The smallest absolute Gasteiger partial charge is 0.341 e. The molecule has 0 unspecified atom stereocenters. The van der Waals surface area contributed by atoms with Gasteiger partial charge in [-0.25, -0.2) is 4.79 Å². The van der Waals surface area contributed by atoms with E-state index in [0.717, 1.165) is 12.0 Å². The predicted molar refractivity (Wildman–Crippen MR) is 65.4 cm³/mol. The van der Waals surface area contributed by atoms with Crippen LogP contribution in [0, 0.1) is 5.92 Å². The lowest BCUT2D eigenvalue weighted by Crippen LogP contribution is -2.08. The number of carbonyl (C=O) groups is 1. The molecule has 1 fully saturated rings. The quantitative estimate of drug-likeness (QED) is 0.735. The van der Waals surface area contributed by atoms with Gasteiger partial charge in [0.2, 0.25) is 0 Å². The summed E-state index contributed by atoms with van der Waals surface area (Å²) in [6.45, 7) is 2.76. The van der Waals surface area contributed by atoms with Crippen LogP contribution in [0.1, 0.15) is 35.7 Å². The van der Waals surface area contributed by atoms with Crippen LogP contribution >= 0.6 is 0 Å². The Labute approximate surface area is 102 Å². The van der Waals surface area contributed by atoms with E-state index < -0.39 is 0 Å². The molecule has 0 heterocycles. The molecule has 0 N–H and O–H groups in total. The molecule has 0 radical (unpaired) electrons. The molecule has 1 saturated carbocycles. The molecule has 92 valence electrons. The van der Waals surface area contributed by atoms with Crippen molar-refractivity contribution < 1.29 is 14.3 Å². The van der Waals surface area contributed by atoms with Gasteiger partial charge in [-0.2, -0.15) is 0 Å². The van der Waals surface area contributed by atoms with Crippen LogP contribution in [0.25, 0.3) is 0 Å². The first-order valence-corrected chi connectivity index (χ1v) is 6.08. The first-order chi connectivity index (χ1) is 8.24. The lowest BCUT2D eigenvalue weighted by atomic mass is 10.1. The normalized spacial score (nSPS) is 14.5. The molecule has 3 nitrogen and oxygen atoms in total. The molecule has 0 saturated heterocycles. The zero-order chi connectivity index (χ0) is 12.3. The highest BCUT2D eigenvalue weighted by molar-refractivity contribution is 5.92. The average molecular weight is 234 g/mol. The van der Waals surface area contributed by atoms with Gasteiger partial charge < -0.3 is 9.47 Å². The molecule has 0 bridgehead atoms. The molecule has 2 rings (SSSR count). The molecular formula is C14H18O3. The SMILES string of the molecule is CCc1ccc(OCC2CC2)c(C(=O)OC)c1. The number of carbonyl (C=O) groups excluding carboxylic acids is 1. The number of hydrogen-bond donors (Lipinski definition) is 0. The minimum Gasteiger partial charge on any atom is -0.492 e. The fourth-order valence-corrected chi connectivity index (χ4v) is 1.68. The summed E-state index contributed by atoms with van der Waals surface area (Å²) in [7, 11) is 1.39. The van der Waals surface area contributed by atoms with Gasteiger partial charge in [-0.05, 0) is 42.9 Å². The zero-order valence-electron chi connectivity index (χ0n) is 10.4. The van der Waals surface area contributed by atoms with Crippen LogP contribution in [-0.2, 0) is 11.2 Å². The van der Waals surface area contributed by atoms with Gasteiger partial charge in [-0.1, -0.05) is 13.0 Å². The Morgan fingerprint density at radius 1 is 1.41 bits per heavy atom. The molecule has 0 aliphatic heterocycles. The maximum Gasteiger partial charge on any atom is 0.341 e. The van der Waals surface area contributed by atoms with Gasteiger partial charge in [0, 0.05) is 0 Å². The van der Waals surface area contributed by atoms with E-state index in [2.05, 4.69) is 6.92 Å². The summed E-state index contributed by atoms with van der Waals surface area (Å²) in [6, 6.07) is 5.72. The van der Waals surface area contributed by atoms with Gasteiger partial charge in [-0.3, -0.25) is 0 Å². The largest absolute Gasteiger partial charge is 0.492 e. The molecule has 1 aromatic rings. The van der Waals surface area contributed by atoms with E-state index in [1.54, 1.807) is 0 Å². The number of aryl methyl sites for hydroxylation is 1. The van der Waals surface area contributed by atoms with Gasteiger partial charge in [0.1, 0.15) is 11.3 Å². The van der Waals surface area contributed by atoms with Crippen molar-refractivity contribution in [2.75, 3.05) is 13.7 Å². The maximum atomic E-state index is 11.7. The number of rotatable bonds is 5. The average Bonchev–Trinajstić information content (AvgIpc) is 3.19. The number of esters is 1. The molecule has 1 aliphatic carbocycles. The van der Waals surface area contributed by atoms with Crippen molar-refractivity contribution in [3.05, 3.63) is 29.3 Å². The Bertz CT molecular complexity index is 408. The summed E-state index contributed by atoms with van der Waals surface area (Å²) >= 11 is 0. The van der Waals surface area contributed by atoms with E-state index >= 15 is 0 Å². The second kappa shape index (κ2) is 5.21. The number of methoxy groups -OCH3 is 1. The minimum atomic E-state index is -0.328. The topological polar surface area (TPSA) is 35.5 Å². The van der Waals surface area contributed by atoms with E-state index in [4.69, 9.17) is 9.47 Å². The van der Waals surface area contributed by atoms with Gasteiger partial charge >= 0.3 is 5.97 Å². The second-order valence-electron chi connectivity index (χ2n) is 4.43.